The molecule has 2 aromatic carbocycles. The summed E-state index contributed by atoms with van der Waals surface area (Å²) in [5, 5.41) is 2.65. The predicted molar refractivity (Wildman–Crippen MR) is 107 cm³/mol. The molecule has 0 saturated carbocycles. The van der Waals surface area contributed by atoms with Gasteiger partial charge < -0.3 is 10.1 Å². The van der Waals surface area contributed by atoms with E-state index >= 15 is 0 Å². The van der Waals surface area contributed by atoms with Crippen LogP contribution in [-0.2, 0) is 20.2 Å². The fourth-order valence-electron chi connectivity index (χ4n) is 2.34. The van der Waals surface area contributed by atoms with Crippen LogP contribution in [0, 0.1) is 0 Å². The number of hydrogen-bond donors (Lipinski definition) is 1. The summed E-state index contributed by atoms with van der Waals surface area (Å²) in [5.74, 6) is 0.233. The molecule has 2 rings (SSSR count). The van der Waals surface area contributed by atoms with Crippen molar-refractivity contribution in [1.29, 1.82) is 0 Å². The highest BCUT2D eigenvalue weighted by Crippen LogP contribution is 2.24. The summed E-state index contributed by atoms with van der Waals surface area (Å²) in [6, 6.07) is 13.7. The molecule has 0 aliphatic carbocycles. The van der Waals surface area contributed by atoms with E-state index in [0.717, 1.165) is 4.31 Å². The van der Waals surface area contributed by atoms with Crippen LogP contribution in [0.15, 0.2) is 53.4 Å². The standard InChI is InChI=1S/C20H26N2O4S/c1-20(2,3)15-9-11-17(12-10-15)26-14-19(23)21-16-7-6-8-18(13-16)27(24,25)22(4)5/h6-13H,14H2,1-5H3,(H,21,23). The molecule has 1 N–H and O–H groups in total. The van der Waals surface area contributed by atoms with Gasteiger partial charge in [-0.15, -0.1) is 0 Å². The van der Waals surface area contributed by atoms with Crippen molar-refractivity contribution >= 4 is 21.6 Å². The van der Waals surface area contributed by atoms with Crippen molar-refractivity contribution in [3.63, 3.8) is 0 Å². The van der Waals surface area contributed by atoms with Crippen LogP contribution in [0.5, 0.6) is 5.75 Å². The number of nitrogens with zero attached hydrogens (tertiary/aromatic N) is 1. The van der Waals surface area contributed by atoms with Gasteiger partial charge in [-0.05, 0) is 41.3 Å². The normalized spacial score (nSPS) is 12.1. The van der Waals surface area contributed by atoms with E-state index in [1.54, 1.807) is 12.1 Å². The molecule has 0 aromatic heterocycles. The maximum atomic E-state index is 12.2. The van der Waals surface area contributed by atoms with Crippen LogP contribution in [0.3, 0.4) is 0 Å². The number of hydrogen-bond acceptors (Lipinski definition) is 4. The molecule has 0 fully saturated rings. The lowest BCUT2D eigenvalue weighted by Gasteiger charge is -2.19. The van der Waals surface area contributed by atoms with E-state index in [9.17, 15) is 13.2 Å². The molecule has 0 unspecified atom stereocenters. The Hall–Kier alpha value is -2.38. The van der Waals surface area contributed by atoms with Crippen molar-refractivity contribution in [3.8, 4) is 5.75 Å². The molecule has 0 bridgehead atoms. The van der Waals surface area contributed by atoms with Gasteiger partial charge in [0.1, 0.15) is 5.75 Å². The number of anilines is 1. The number of carbonyl (C=O) groups excluding carboxylic acids is 1. The molecule has 2 aromatic rings. The van der Waals surface area contributed by atoms with Gasteiger partial charge in [0.25, 0.3) is 5.91 Å². The molecule has 0 saturated heterocycles. The number of benzene rings is 2. The minimum absolute atomic E-state index is 0.0494. The molecule has 0 radical (unpaired) electrons. The second-order valence-electron chi connectivity index (χ2n) is 7.43. The van der Waals surface area contributed by atoms with E-state index in [2.05, 4.69) is 26.1 Å². The maximum Gasteiger partial charge on any atom is 0.262 e. The van der Waals surface area contributed by atoms with Crippen molar-refractivity contribution in [2.24, 2.45) is 0 Å². The first-order valence-electron chi connectivity index (χ1n) is 8.56. The fourth-order valence-corrected chi connectivity index (χ4v) is 3.29. The van der Waals surface area contributed by atoms with Crippen molar-refractivity contribution in [2.45, 2.75) is 31.1 Å². The van der Waals surface area contributed by atoms with E-state index in [0.29, 0.717) is 11.4 Å². The third kappa shape index (κ3) is 5.55. The highest BCUT2D eigenvalue weighted by Gasteiger charge is 2.18. The molecular formula is C20H26N2O4S. The van der Waals surface area contributed by atoms with Crippen molar-refractivity contribution in [3.05, 3.63) is 54.1 Å². The Bertz CT molecular complexity index is 898. The van der Waals surface area contributed by atoms with Gasteiger partial charge in [-0.1, -0.05) is 39.0 Å². The molecule has 0 aliphatic heterocycles. The zero-order valence-corrected chi connectivity index (χ0v) is 17.1. The second kappa shape index (κ2) is 8.10. The van der Waals surface area contributed by atoms with E-state index in [4.69, 9.17) is 4.74 Å². The summed E-state index contributed by atoms with van der Waals surface area (Å²) in [4.78, 5) is 12.2. The summed E-state index contributed by atoms with van der Waals surface area (Å²) in [6.07, 6.45) is 0. The first-order chi connectivity index (χ1) is 12.5. The van der Waals surface area contributed by atoms with Crippen LogP contribution in [0.2, 0.25) is 0 Å². The molecule has 6 nitrogen and oxygen atoms in total. The van der Waals surface area contributed by atoms with Crippen molar-refractivity contribution in [2.75, 3.05) is 26.0 Å². The Morgan fingerprint density at radius 3 is 2.26 bits per heavy atom. The molecular weight excluding hydrogens is 364 g/mol. The van der Waals surface area contributed by atoms with Crippen molar-refractivity contribution < 1.29 is 17.9 Å². The maximum absolute atomic E-state index is 12.2. The lowest BCUT2D eigenvalue weighted by molar-refractivity contribution is -0.118. The number of amides is 1. The first kappa shape index (κ1) is 20.9. The first-order valence-corrected chi connectivity index (χ1v) is 10.00. The molecule has 0 atom stereocenters. The third-order valence-corrected chi connectivity index (χ3v) is 5.80. The molecule has 146 valence electrons. The van der Waals surface area contributed by atoms with Gasteiger partial charge in [0.2, 0.25) is 10.0 Å². The minimum atomic E-state index is -3.56. The highest BCUT2D eigenvalue weighted by atomic mass is 32.2. The largest absolute Gasteiger partial charge is 0.484 e. The van der Waals surface area contributed by atoms with Gasteiger partial charge in [0.05, 0.1) is 4.90 Å². The lowest BCUT2D eigenvalue weighted by atomic mass is 9.87. The fraction of sp³-hybridized carbons (Fsp3) is 0.350. The number of ether oxygens (including phenoxy) is 1. The van der Waals surface area contributed by atoms with Crippen LogP contribution in [0.1, 0.15) is 26.3 Å². The quantitative estimate of drug-likeness (QED) is 0.821. The molecule has 0 aliphatic rings. The predicted octanol–water partition coefficient (Wildman–Crippen LogP) is 3.25. The summed E-state index contributed by atoms with van der Waals surface area (Å²) < 4.78 is 31.0. The summed E-state index contributed by atoms with van der Waals surface area (Å²) in [6.45, 7) is 6.21. The number of sulfonamides is 1. The second-order valence-corrected chi connectivity index (χ2v) is 9.58. The average molecular weight is 391 g/mol. The van der Waals surface area contributed by atoms with Crippen LogP contribution in [-0.4, -0.2) is 39.3 Å². The van der Waals surface area contributed by atoms with Gasteiger partial charge in [0, 0.05) is 19.8 Å². The van der Waals surface area contributed by atoms with Gasteiger partial charge in [-0.2, -0.15) is 0 Å². The van der Waals surface area contributed by atoms with Gasteiger partial charge in [-0.3, -0.25) is 4.79 Å². The van der Waals surface area contributed by atoms with Gasteiger partial charge in [-0.25, -0.2) is 12.7 Å². The van der Waals surface area contributed by atoms with Crippen LogP contribution < -0.4 is 10.1 Å². The smallest absolute Gasteiger partial charge is 0.262 e. The Kier molecular flexibility index (Phi) is 6.28. The van der Waals surface area contributed by atoms with Crippen molar-refractivity contribution in [1.82, 2.24) is 4.31 Å². The van der Waals surface area contributed by atoms with Crippen LogP contribution in [0.25, 0.3) is 0 Å². The molecule has 7 heteroatoms. The van der Waals surface area contributed by atoms with E-state index in [1.165, 1.54) is 31.8 Å². The van der Waals surface area contributed by atoms with E-state index in [1.807, 2.05) is 24.3 Å². The number of rotatable bonds is 6. The zero-order chi connectivity index (χ0) is 20.2. The molecule has 27 heavy (non-hydrogen) atoms. The molecule has 0 heterocycles. The molecule has 0 spiro atoms. The highest BCUT2D eigenvalue weighted by molar-refractivity contribution is 7.89. The van der Waals surface area contributed by atoms with E-state index in [-0.39, 0.29) is 22.8 Å². The zero-order valence-electron chi connectivity index (χ0n) is 16.3. The number of carbonyl (C=O) groups is 1. The topological polar surface area (TPSA) is 75.7 Å². The average Bonchev–Trinajstić information content (AvgIpc) is 2.59. The Labute approximate surface area is 161 Å². The molecule has 1 amide bonds. The Morgan fingerprint density at radius 2 is 1.70 bits per heavy atom. The summed E-state index contributed by atoms with van der Waals surface area (Å²) in [5.41, 5.74) is 1.63. The van der Waals surface area contributed by atoms with E-state index < -0.39 is 10.0 Å². The minimum Gasteiger partial charge on any atom is -0.484 e. The van der Waals surface area contributed by atoms with Gasteiger partial charge >= 0.3 is 0 Å². The third-order valence-electron chi connectivity index (χ3n) is 3.99. The van der Waals surface area contributed by atoms with Crippen LogP contribution in [0.4, 0.5) is 5.69 Å². The number of nitrogens with one attached hydrogen (secondary N) is 1. The van der Waals surface area contributed by atoms with Crippen LogP contribution >= 0.6 is 0 Å². The Balaban J connectivity index is 1.98. The Morgan fingerprint density at radius 1 is 1.07 bits per heavy atom. The summed E-state index contributed by atoms with van der Waals surface area (Å²) in [7, 11) is -0.641. The van der Waals surface area contributed by atoms with Gasteiger partial charge in [0.15, 0.2) is 6.61 Å². The summed E-state index contributed by atoms with van der Waals surface area (Å²) >= 11 is 0. The monoisotopic (exact) mass is 390 g/mol. The lowest BCUT2D eigenvalue weighted by Crippen LogP contribution is -2.23. The SMILES string of the molecule is CN(C)S(=O)(=O)c1cccc(NC(=O)COc2ccc(C(C)(C)C)cc2)c1.